The lowest BCUT2D eigenvalue weighted by Gasteiger charge is -2.29. The Balaban J connectivity index is 2.16. The molecule has 7 heteroatoms. The van der Waals surface area contributed by atoms with Crippen LogP contribution in [0.25, 0.3) is 6.08 Å². The first-order chi connectivity index (χ1) is 12.3. The van der Waals surface area contributed by atoms with Crippen LogP contribution in [-0.4, -0.2) is 45.9 Å². The molecule has 0 radical (unpaired) electrons. The molecule has 0 heterocycles. The van der Waals surface area contributed by atoms with Crippen molar-refractivity contribution >= 4 is 22.0 Å². The van der Waals surface area contributed by atoms with Gasteiger partial charge < -0.3 is 10.1 Å². The van der Waals surface area contributed by atoms with E-state index in [1.54, 1.807) is 18.2 Å². The third-order valence-electron chi connectivity index (χ3n) is 4.81. The smallest absolute Gasteiger partial charge is 0.246 e. The van der Waals surface area contributed by atoms with Gasteiger partial charge in [0.2, 0.25) is 15.9 Å². The van der Waals surface area contributed by atoms with Gasteiger partial charge in [0.15, 0.2) is 0 Å². The molecule has 1 fully saturated rings. The van der Waals surface area contributed by atoms with Crippen LogP contribution in [0.4, 0.5) is 0 Å². The predicted octanol–water partition coefficient (Wildman–Crippen LogP) is 2.65. The van der Waals surface area contributed by atoms with Crippen molar-refractivity contribution in [2.75, 3.05) is 21.2 Å². The number of carbonyl (C=O) groups is 1. The number of sulfonamides is 1. The van der Waals surface area contributed by atoms with Gasteiger partial charge in [-0.25, -0.2) is 12.7 Å². The lowest BCUT2D eigenvalue weighted by Crippen LogP contribution is -2.40. The fourth-order valence-corrected chi connectivity index (χ4v) is 4.21. The van der Waals surface area contributed by atoms with E-state index in [-0.39, 0.29) is 22.6 Å². The molecule has 0 aliphatic heterocycles. The Labute approximate surface area is 156 Å². The molecule has 1 aliphatic carbocycles. The zero-order valence-corrected chi connectivity index (χ0v) is 16.7. The van der Waals surface area contributed by atoms with Crippen LogP contribution in [0.2, 0.25) is 0 Å². The largest absolute Gasteiger partial charge is 0.495 e. The molecule has 1 N–H and O–H groups in total. The average Bonchev–Trinajstić information content (AvgIpc) is 2.61. The van der Waals surface area contributed by atoms with Gasteiger partial charge in [0.05, 0.1) is 7.11 Å². The summed E-state index contributed by atoms with van der Waals surface area (Å²) in [7, 11) is 0.729. The van der Waals surface area contributed by atoms with Gasteiger partial charge in [0.25, 0.3) is 0 Å². The first-order valence-corrected chi connectivity index (χ1v) is 10.3. The molecular weight excluding hydrogens is 352 g/mol. The SMILES string of the molecule is COc1ccc(/C=C/C(=O)N[C@H]2CCCC[C@H]2C)cc1S(=O)(=O)N(C)C. The summed E-state index contributed by atoms with van der Waals surface area (Å²) in [4.78, 5) is 12.3. The van der Waals surface area contributed by atoms with Crippen LogP contribution in [-0.2, 0) is 14.8 Å². The van der Waals surface area contributed by atoms with E-state index in [1.807, 2.05) is 0 Å². The third-order valence-corrected chi connectivity index (χ3v) is 6.65. The number of amides is 1. The molecule has 26 heavy (non-hydrogen) atoms. The maximum atomic E-state index is 12.4. The lowest BCUT2D eigenvalue weighted by molar-refractivity contribution is -0.117. The first-order valence-electron chi connectivity index (χ1n) is 8.85. The molecule has 0 spiro atoms. The summed E-state index contributed by atoms with van der Waals surface area (Å²) in [6.07, 6.45) is 7.58. The highest BCUT2D eigenvalue weighted by atomic mass is 32.2. The summed E-state index contributed by atoms with van der Waals surface area (Å²) in [6.45, 7) is 2.16. The molecule has 0 bridgehead atoms. The van der Waals surface area contributed by atoms with Gasteiger partial charge >= 0.3 is 0 Å². The molecule has 1 aromatic rings. The van der Waals surface area contributed by atoms with Crippen molar-refractivity contribution in [3.8, 4) is 5.75 Å². The molecule has 6 nitrogen and oxygen atoms in total. The van der Waals surface area contributed by atoms with Gasteiger partial charge in [-0.15, -0.1) is 0 Å². The van der Waals surface area contributed by atoms with Gasteiger partial charge in [-0.3, -0.25) is 4.79 Å². The summed E-state index contributed by atoms with van der Waals surface area (Å²) in [5, 5.41) is 3.05. The predicted molar refractivity (Wildman–Crippen MR) is 102 cm³/mol. The molecule has 1 saturated carbocycles. The van der Waals surface area contributed by atoms with E-state index in [1.165, 1.54) is 39.8 Å². The molecule has 1 aromatic carbocycles. The van der Waals surface area contributed by atoms with Crippen molar-refractivity contribution in [2.45, 2.75) is 43.5 Å². The van der Waals surface area contributed by atoms with Crippen LogP contribution in [0.1, 0.15) is 38.2 Å². The van der Waals surface area contributed by atoms with Crippen LogP contribution < -0.4 is 10.1 Å². The normalized spacial score (nSPS) is 21.1. The molecular formula is C19H28N2O4S. The number of ether oxygens (including phenoxy) is 1. The van der Waals surface area contributed by atoms with Crippen LogP contribution >= 0.6 is 0 Å². The van der Waals surface area contributed by atoms with Crippen LogP contribution in [0.5, 0.6) is 5.75 Å². The quantitative estimate of drug-likeness (QED) is 0.770. The summed E-state index contributed by atoms with van der Waals surface area (Å²) in [5.74, 6) is 0.604. The van der Waals surface area contributed by atoms with E-state index in [0.717, 1.165) is 23.6 Å². The van der Waals surface area contributed by atoms with Gasteiger partial charge in [-0.1, -0.05) is 25.8 Å². The molecule has 0 unspecified atom stereocenters. The van der Waals surface area contributed by atoms with Gasteiger partial charge in [-0.05, 0) is 42.5 Å². The number of methoxy groups -OCH3 is 1. The minimum Gasteiger partial charge on any atom is -0.495 e. The van der Waals surface area contributed by atoms with E-state index in [0.29, 0.717) is 11.5 Å². The van der Waals surface area contributed by atoms with Gasteiger partial charge in [0.1, 0.15) is 10.6 Å². The van der Waals surface area contributed by atoms with E-state index in [2.05, 4.69) is 12.2 Å². The van der Waals surface area contributed by atoms with Crippen LogP contribution in [0.15, 0.2) is 29.2 Å². The van der Waals surface area contributed by atoms with Crippen LogP contribution in [0.3, 0.4) is 0 Å². The van der Waals surface area contributed by atoms with E-state index >= 15 is 0 Å². The Morgan fingerprint density at radius 2 is 1.96 bits per heavy atom. The first kappa shape index (κ1) is 20.5. The summed E-state index contributed by atoms with van der Waals surface area (Å²) in [6, 6.07) is 5.04. The van der Waals surface area contributed by atoms with Crippen molar-refractivity contribution in [3.63, 3.8) is 0 Å². The number of nitrogens with zero attached hydrogens (tertiary/aromatic N) is 1. The molecule has 0 aromatic heterocycles. The Bertz CT molecular complexity index is 772. The number of nitrogens with one attached hydrogen (secondary N) is 1. The fourth-order valence-electron chi connectivity index (χ4n) is 3.13. The highest BCUT2D eigenvalue weighted by Gasteiger charge is 2.23. The Morgan fingerprint density at radius 3 is 2.58 bits per heavy atom. The van der Waals surface area contributed by atoms with Crippen LogP contribution in [0, 0.1) is 5.92 Å². The zero-order valence-electron chi connectivity index (χ0n) is 15.9. The van der Waals surface area contributed by atoms with Crippen molar-refractivity contribution in [1.29, 1.82) is 0 Å². The molecule has 144 valence electrons. The summed E-state index contributed by atoms with van der Waals surface area (Å²) in [5.41, 5.74) is 0.623. The number of rotatable bonds is 6. The minimum atomic E-state index is -3.64. The number of benzene rings is 1. The van der Waals surface area contributed by atoms with E-state index in [4.69, 9.17) is 4.74 Å². The Kier molecular flexibility index (Phi) is 6.83. The highest BCUT2D eigenvalue weighted by molar-refractivity contribution is 7.89. The van der Waals surface area contributed by atoms with Gasteiger partial charge in [-0.2, -0.15) is 0 Å². The maximum absolute atomic E-state index is 12.4. The van der Waals surface area contributed by atoms with Crippen molar-refractivity contribution in [2.24, 2.45) is 5.92 Å². The zero-order chi connectivity index (χ0) is 19.3. The molecule has 0 saturated heterocycles. The Morgan fingerprint density at radius 1 is 1.27 bits per heavy atom. The molecule has 2 atom stereocenters. The van der Waals surface area contributed by atoms with Gasteiger partial charge in [0, 0.05) is 26.2 Å². The van der Waals surface area contributed by atoms with E-state index < -0.39 is 10.0 Å². The standard InChI is InChI=1S/C19H28N2O4S/c1-14-7-5-6-8-16(14)20-19(22)12-10-15-9-11-17(25-4)18(13-15)26(23,24)21(2)3/h9-14,16H,5-8H2,1-4H3,(H,20,22)/b12-10+/t14-,16+/m1/s1. The molecule has 1 amide bonds. The Hall–Kier alpha value is -1.86. The monoisotopic (exact) mass is 380 g/mol. The maximum Gasteiger partial charge on any atom is 0.246 e. The topological polar surface area (TPSA) is 75.7 Å². The molecule has 2 rings (SSSR count). The minimum absolute atomic E-state index is 0.0773. The van der Waals surface area contributed by atoms with Crippen molar-refractivity contribution in [1.82, 2.24) is 9.62 Å². The van der Waals surface area contributed by atoms with E-state index in [9.17, 15) is 13.2 Å². The number of hydrogen-bond donors (Lipinski definition) is 1. The second-order valence-corrected chi connectivity index (χ2v) is 9.03. The summed E-state index contributed by atoms with van der Waals surface area (Å²) < 4.78 is 31.2. The second-order valence-electron chi connectivity index (χ2n) is 6.91. The highest BCUT2D eigenvalue weighted by Crippen LogP contribution is 2.27. The number of hydrogen-bond acceptors (Lipinski definition) is 4. The third kappa shape index (κ3) is 4.86. The van der Waals surface area contributed by atoms with Crippen molar-refractivity contribution in [3.05, 3.63) is 29.8 Å². The summed E-state index contributed by atoms with van der Waals surface area (Å²) >= 11 is 0. The number of carbonyl (C=O) groups excluding carboxylic acids is 1. The van der Waals surface area contributed by atoms with Crippen molar-refractivity contribution < 1.29 is 17.9 Å². The average molecular weight is 381 g/mol. The fraction of sp³-hybridized carbons (Fsp3) is 0.526. The molecule has 1 aliphatic rings. The lowest BCUT2D eigenvalue weighted by atomic mass is 9.86. The second kappa shape index (κ2) is 8.68.